The quantitative estimate of drug-likeness (QED) is 0.685. The van der Waals surface area contributed by atoms with Gasteiger partial charge in [0.15, 0.2) is 0 Å². The number of hydrogen-bond acceptors (Lipinski definition) is 5. The highest BCUT2D eigenvalue weighted by Crippen LogP contribution is 2.22. The molecule has 7 nitrogen and oxygen atoms in total. The molecule has 0 radical (unpaired) electrons. The fourth-order valence-corrected chi connectivity index (χ4v) is 1.83. The molecular weight excluding hydrogens is 290 g/mol. The number of nitrogens with two attached hydrogens (primary N) is 1. The van der Waals surface area contributed by atoms with E-state index in [0.29, 0.717) is 16.8 Å². The maximum Gasteiger partial charge on any atom is 0.404 e. The van der Waals surface area contributed by atoms with Crippen molar-refractivity contribution >= 4 is 27.6 Å². The van der Waals surface area contributed by atoms with Crippen LogP contribution >= 0.6 is 15.9 Å². The van der Waals surface area contributed by atoms with Crippen LogP contribution in [0.2, 0.25) is 0 Å². The summed E-state index contributed by atoms with van der Waals surface area (Å²) in [6.45, 7) is 0.402. The van der Waals surface area contributed by atoms with Gasteiger partial charge in [-0.2, -0.15) is 4.68 Å². The Hall–Kier alpha value is -1.96. The van der Waals surface area contributed by atoms with E-state index in [1.807, 2.05) is 0 Å². The molecule has 0 aliphatic heterocycles. The minimum absolute atomic E-state index is 0.202. The van der Waals surface area contributed by atoms with Crippen molar-refractivity contribution in [2.75, 3.05) is 5.73 Å². The predicted octanol–water partition coefficient (Wildman–Crippen LogP) is 1.58. The summed E-state index contributed by atoms with van der Waals surface area (Å²) in [7, 11) is 0. The second-order valence-electron chi connectivity index (χ2n) is 3.34. The van der Waals surface area contributed by atoms with Gasteiger partial charge in [0.25, 0.3) is 0 Å². The number of rotatable bonds is 3. The first-order chi connectivity index (χ1) is 8.06. The third-order valence-corrected chi connectivity index (χ3v) is 2.62. The molecule has 2 heterocycles. The van der Waals surface area contributed by atoms with Crippen LogP contribution in [0.15, 0.2) is 29.0 Å². The SMILES string of the molecule is Nc1cc(Cn2cc(Br)c([N+](=O)[O-])n2)ccn1. The Morgan fingerprint density at radius 1 is 1.59 bits per heavy atom. The van der Waals surface area contributed by atoms with Crippen molar-refractivity contribution in [1.82, 2.24) is 14.8 Å². The molecule has 0 bridgehead atoms. The minimum Gasteiger partial charge on any atom is -0.384 e. The van der Waals surface area contributed by atoms with E-state index in [0.717, 1.165) is 5.56 Å². The molecule has 0 saturated carbocycles. The Balaban J connectivity index is 2.25. The first-order valence-electron chi connectivity index (χ1n) is 4.64. The standard InChI is InChI=1S/C9H8BrN5O2/c10-7-5-14(13-9(7)15(16)17)4-6-1-2-12-8(11)3-6/h1-3,5H,4H2,(H2,11,12). The number of anilines is 1. The maximum absolute atomic E-state index is 10.6. The number of halogens is 1. The summed E-state index contributed by atoms with van der Waals surface area (Å²) in [5.41, 5.74) is 6.41. The largest absolute Gasteiger partial charge is 0.404 e. The van der Waals surface area contributed by atoms with E-state index < -0.39 is 4.92 Å². The van der Waals surface area contributed by atoms with Gasteiger partial charge in [-0.05, 0) is 38.5 Å². The maximum atomic E-state index is 10.6. The van der Waals surface area contributed by atoms with E-state index in [4.69, 9.17) is 5.73 Å². The lowest BCUT2D eigenvalue weighted by Gasteiger charge is -1.98. The zero-order valence-corrected chi connectivity index (χ0v) is 10.2. The van der Waals surface area contributed by atoms with Crippen molar-refractivity contribution in [2.45, 2.75) is 6.54 Å². The van der Waals surface area contributed by atoms with E-state index in [1.165, 1.54) is 4.68 Å². The topological polar surface area (TPSA) is 99.9 Å². The van der Waals surface area contributed by atoms with Crippen LogP contribution in [-0.2, 0) is 6.54 Å². The molecular formula is C9H8BrN5O2. The van der Waals surface area contributed by atoms with Gasteiger partial charge in [-0.3, -0.25) is 0 Å². The van der Waals surface area contributed by atoms with Crippen LogP contribution < -0.4 is 5.73 Å². The van der Waals surface area contributed by atoms with Crippen molar-refractivity contribution in [3.05, 3.63) is 44.7 Å². The zero-order valence-electron chi connectivity index (χ0n) is 8.58. The van der Waals surface area contributed by atoms with Gasteiger partial charge in [-0.15, -0.1) is 0 Å². The Kier molecular flexibility index (Phi) is 3.05. The molecule has 0 amide bonds. The molecule has 2 aromatic heterocycles. The lowest BCUT2D eigenvalue weighted by molar-refractivity contribution is -0.390. The van der Waals surface area contributed by atoms with Crippen molar-refractivity contribution in [2.24, 2.45) is 0 Å². The van der Waals surface area contributed by atoms with E-state index in [-0.39, 0.29) is 5.82 Å². The summed E-state index contributed by atoms with van der Waals surface area (Å²) < 4.78 is 1.82. The second-order valence-corrected chi connectivity index (χ2v) is 4.20. The Labute approximate surface area is 105 Å². The van der Waals surface area contributed by atoms with Gasteiger partial charge in [-0.1, -0.05) is 0 Å². The first kappa shape index (κ1) is 11.5. The van der Waals surface area contributed by atoms with Crippen LogP contribution in [-0.4, -0.2) is 19.7 Å². The molecule has 8 heteroatoms. The lowest BCUT2D eigenvalue weighted by Crippen LogP contribution is -2.02. The molecule has 0 aromatic carbocycles. The third kappa shape index (κ3) is 2.59. The fraction of sp³-hybridized carbons (Fsp3) is 0.111. The van der Waals surface area contributed by atoms with Crippen LogP contribution in [0.1, 0.15) is 5.56 Å². The normalized spacial score (nSPS) is 10.4. The number of nitro groups is 1. The summed E-state index contributed by atoms with van der Waals surface area (Å²) in [6, 6.07) is 3.47. The molecule has 0 fully saturated rings. The van der Waals surface area contributed by atoms with Gasteiger partial charge >= 0.3 is 5.82 Å². The van der Waals surface area contributed by atoms with Crippen molar-refractivity contribution in [3.63, 3.8) is 0 Å². The van der Waals surface area contributed by atoms with Crippen LogP contribution in [0.4, 0.5) is 11.6 Å². The molecule has 0 saturated heterocycles. The van der Waals surface area contributed by atoms with Gasteiger partial charge in [0, 0.05) is 6.20 Å². The molecule has 0 atom stereocenters. The van der Waals surface area contributed by atoms with Gasteiger partial charge in [0.2, 0.25) is 0 Å². The average Bonchev–Trinajstić information content (AvgIpc) is 2.59. The first-order valence-corrected chi connectivity index (χ1v) is 5.43. The molecule has 0 aliphatic rings. The van der Waals surface area contributed by atoms with Gasteiger partial charge < -0.3 is 15.8 Å². The highest BCUT2D eigenvalue weighted by Gasteiger charge is 2.18. The summed E-state index contributed by atoms with van der Waals surface area (Å²) in [6.07, 6.45) is 3.13. The smallest absolute Gasteiger partial charge is 0.384 e. The Morgan fingerprint density at radius 3 is 2.94 bits per heavy atom. The molecule has 2 N–H and O–H groups in total. The molecule has 88 valence electrons. The van der Waals surface area contributed by atoms with E-state index >= 15 is 0 Å². The van der Waals surface area contributed by atoms with Crippen LogP contribution in [0, 0.1) is 10.1 Å². The Bertz CT molecular complexity index is 568. The lowest BCUT2D eigenvalue weighted by atomic mass is 10.2. The molecule has 0 aliphatic carbocycles. The Morgan fingerprint density at radius 2 is 2.35 bits per heavy atom. The monoisotopic (exact) mass is 297 g/mol. The van der Waals surface area contributed by atoms with Crippen molar-refractivity contribution < 1.29 is 4.92 Å². The van der Waals surface area contributed by atoms with Crippen molar-refractivity contribution in [3.8, 4) is 0 Å². The van der Waals surface area contributed by atoms with Gasteiger partial charge in [0.05, 0.1) is 17.8 Å². The number of nitrogen functional groups attached to an aromatic ring is 1. The summed E-state index contributed by atoms with van der Waals surface area (Å²) in [4.78, 5) is 13.9. The summed E-state index contributed by atoms with van der Waals surface area (Å²) in [5, 5.41) is 14.5. The van der Waals surface area contributed by atoms with Gasteiger partial charge in [-0.25, -0.2) is 4.98 Å². The second kappa shape index (κ2) is 4.50. The number of aromatic nitrogens is 3. The van der Waals surface area contributed by atoms with Crippen LogP contribution in [0.25, 0.3) is 0 Å². The highest BCUT2D eigenvalue weighted by atomic mass is 79.9. The van der Waals surface area contributed by atoms with E-state index in [2.05, 4.69) is 26.0 Å². The molecule has 2 rings (SSSR count). The van der Waals surface area contributed by atoms with E-state index in [1.54, 1.807) is 24.5 Å². The fourth-order valence-electron chi connectivity index (χ4n) is 1.37. The summed E-state index contributed by atoms with van der Waals surface area (Å²) >= 11 is 3.08. The average molecular weight is 298 g/mol. The molecule has 17 heavy (non-hydrogen) atoms. The van der Waals surface area contributed by atoms with E-state index in [9.17, 15) is 10.1 Å². The molecule has 0 spiro atoms. The number of pyridine rings is 1. The molecule has 0 unspecified atom stereocenters. The predicted molar refractivity (Wildman–Crippen MR) is 64.3 cm³/mol. The third-order valence-electron chi connectivity index (χ3n) is 2.06. The highest BCUT2D eigenvalue weighted by molar-refractivity contribution is 9.10. The van der Waals surface area contributed by atoms with Gasteiger partial charge in [0.1, 0.15) is 10.3 Å². The number of hydrogen-bond donors (Lipinski definition) is 1. The summed E-state index contributed by atoms with van der Waals surface area (Å²) in [5.74, 6) is 0.204. The van der Waals surface area contributed by atoms with Crippen LogP contribution in [0.3, 0.4) is 0 Å². The molecule has 2 aromatic rings. The zero-order chi connectivity index (χ0) is 12.4. The van der Waals surface area contributed by atoms with Crippen molar-refractivity contribution in [1.29, 1.82) is 0 Å². The minimum atomic E-state index is -0.540. The van der Waals surface area contributed by atoms with Crippen LogP contribution in [0.5, 0.6) is 0 Å². The number of nitrogens with zero attached hydrogens (tertiary/aromatic N) is 4.